The average Bonchev–Trinajstić information content (AvgIpc) is 3.72. The minimum atomic E-state index is -4.93. The summed E-state index contributed by atoms with van der Waals surface area (Å²) in [5, 5.41) is 20.5. The second-order valence-electron chi connectivity index (χ2n) is 21.9. The Morgan fingerprint density at radius 1 is 0.326 bits per heavy atom. The van der Waals surface area contributed by atoms with Crippen molar-refractivity contribution < 1.29 is 75.8 Å². The minimum absolute atomic E-state index is 0.0848. The number of aliphatic hydroxyl groups excluding tert-OH is 2. The molecule has 0 bridgehead atoms. The van der Waals surface area contributed by atoms with Crippen LogP contribution in [-0.2, 0) is 55.8 Å². The molecule has 0 radical (unpaired) electrons. The minimum Gasteiger partial charge on any atom is -0.463 e. The van der Waals surface area contributed by atoms with Crippen LogP contribution in [0.5, 0.6) is 0 Å². The highest BCUT2D eigenvalue weighted by molar-refractivity contribution is 7.47. The van der Waals surface area contributed by atoms with Crippen molar-refractivity contribution in [2.24, 2.45) is 0 Å². The summed E-state index contributed by atoms with van der Waals surface area (Å²) in [7, 11) is -9.80. The van der Waals surface area contributed by atoms with E-state index in [1.807, 2.05) is 0 Å². The molecule has 0 aromatic rings. The highest BCUT2D eigenvalue weighted by Gasteiger charge is 2.29. The lowest BCUT2D eigenvalue weighted by Gasteiger charge is -2.21. The molecular weight excluding hydrogens is 1170 g/mol. The molecule has 5 unspecified atom stereocenters. The molecule has 16 nitrogen and oxygen atoms in total. The van der Waals surface area contributed by atoms with Crippen LogP contribution in [-0.4, -0.2) is 95.9 Å². The van der Waals surface area contributed by atoms with E-state index in [1.54, 1.807) is 0 Å². The Labute approximate surface area is 537 Å². The topological polar surface area (TPSA) is 231 Å². The molecule has 0 aliphatic rings. The van der Waals surface area contributed by atoms with Crippen LogP contribution in [0.2, 0.25) is 0 Å². The molecule has 0 fully saturated rings. The van der Waals surface area contributed by atoms with Crippen molar-refractivity contribution >= 4 is 33.6 Å². The number of ether oxygens (including phenoxy) is 3. The third-order valence-electron chi connectivity index (χ3n) is 13.3. The summed E-state index contributed by atoms with van der Waals surface area (Å²) >= 11 is 0. The molecule has 0 heterocycles. The zero-order chi connectivity index (χ0) is 65.3. The maximum absolute atomic E-state index is 12.9. The molecule has 0 aromatic carbocycles. The maximum atomic E-state index is 12.9. The lowest BCUT2D eigenvalue weighted by molar-refractivity contribution is -0.161. The fraction of sp³-hybridized carbons (Fsp3) is 0.648. The molecular formula is C71H118O16P2. The van der Waals surface area contributed by atoms with Gasteiger partial charge in [0.1, 0.15) is 25.4 Å². The number of esters is 3. The number of hydrogen-bond acceptors (Lipinski definition) is 14. The van der Waals surface area contributed by atoms with Crippen molar-refractivity contribution in [2.45, 2.75) is 257 Å². The zero-order valence-corrected chi connectivity index (χ0v) is 56.6. The highest BCUT2D eigenvalue weighted by Crippen LogP contribution is 2.45. The van der Waals surface area contributed by atoms with Gasteiger partial charge in [-0.1, -0.05) is 219 Å². The normalized spacial score (nSPS) is 15.1. The predicted molar refractivity (Wildman–Crippen MR) is 362 cm³/mol. The third-order valence-corrected chi connectivity index (χ3v) is 15.2. The first-order valence-corrected chi connectivity index (χ1v) is 36.5. The van der Waals surface area contributed by atoms with Crippen LogP contribution in [0, 0.1) is 0 Å². The number of unbranched alkanes of at least 4 members (excludes halogenated alkanes) is 17. The Morgan fingerprint density at radius 2 is 0.596 bits per heavy atom. The Hall–Kier alpha value is -4.31. The van der Waals surface area contributed by atoms with Crippen molar-refractivity contribution in [1.29, 1.82) is 0 Å². The van der Waals surface area contributed by atoms with Crippen molar-refractivity contribution in [3.05, 3.63) is 134 Å². The first-order valence-electron chi connectivity index (χ1n) is 33.5. The second kappa shape index (κ2) is 63.8. The van der Waals surface area contributed by atoms with Crippen LogP contribution in [0.25, 0.3) is 0 Å². The number of carbonyl (C=O) groups is 3. The Bertz CT molecular complexity index is 2160. The SMILES string of the molecule is CC/C=C\C/C=C\C/C=C\C/C=C\C/C=C\C/C=C\CCCCCCC(=O)OCC(O)COP(=O)(O)OCC(O)COP(=O)(O)OCC(COC(=O)CCCCCC/C=C\C/C=C\C/C=C\C/C=C\CC)OC(=O)CCCCCCC/C=C\CCCCCC. The second-order valence-corrected chi connectivity index (χ2v) is 24.8. The lowest BCUT2D eigenvalue weighted by Crippen LogP contribution is -2.30. The van der Waals surface area contributed by atoms with Crippen molar-refractivity contribution in [2.75, 3.05) is 39.6 Å². The maximum Gasteiger partial charge on any atom is 0.472 e. The smallest absolute Gasteiger partial charge is 0.463 e. The lowest BCUT2D eigenvalue weighted by atomic mass is 10.1. The fourth-order valence-electron chi connectivity index (χ4n) is 8.26. The predicted octanol–water partition coefficient (Wildman–Crippen LogP) is 18.4. The van der Waals surface area contributed by atoms with Crippen LogP contribution < -0.4 is 0 Å². The molecule has 5 atom stereocenters. The zero-order valence-electron chi connectivity index (χ0n) is 54.8. The summed E-state index contributed by atoms with van der Waals surface area (Å²) < 4.78 is 60.8. The largest absolute Gasteiger partial charge is 0.472 e. The van der Waals surface area contributed by atoms with Gasteiger partial charge in [0.25, 0.3) is 0 Å². The number of phosphoric ester groups is 2. The molecule has 0 amide bonds. The van der Waals surface area contributed by atoms with Crippen molar-refractivity contribution in [1.82, 2.24) is 0 Å². The van der Waals surface area contributed by atoms with E-state index in [1.165, 1.54) is 25.7 Å². The number of allylic oxidation sites excluding steroid dienone is 22. The van der Waals surface area contributed by atoms with Gasteiger partial charge in [-0.3, -0.25) is 32.5 Å². The van der Waals surface area contributed by atoms with Gasteiger partial charge in [0, 0.05) is 19.3 Å². The fourth-order valence-corrected chi connectivity index (χ4v) is 9.85. The van der Waals surface area contributed by atoms with Gasteiger partial charge in [0.15, 0.2) is 6.10 Å². The highest BCUT2D eigenvalue weighted by atomic mass is 31.2. The molecule has 0 aromatic heterocycles. The number of phosphoric acid groups is 2. The summed E-state index contributed by atoms with van der Waals surface area (Å²) in [6.07, 6.45) is 73.6. The van der Waals surface area contributed by atoms with Crippen LogP contribution in [0.3, 0.4) is 0 Å². The standard InChI is InChI=1S/C71H118O16P2/c1-4-7-10-13-16-19-22-25-27-29-30-31-32-33-34-36-38-40-42-45-48-51-54-57-69(74)81-60-66(72)61-83-88(77,78)84-62-67(73)63-85-89(79,80)86-65-68(87-71(76)59-56-53-50-47-44-39-24-21-18-15-12-9-6-3)64-82-70(75)58-55-52-49-46-43-41-37-35-28-26-23-20-17-14-11-8-5-2/h7-8,10-11,16-17,19-21,24-28,30-31,33-34,37-38,40-41,66-68,72-73H,4-6,9,12-15,18,22-23,29,32,35-36,39,42-65H2,1-3H3,(H,77,78)(H,79,80)/b10-7-,11-8-,19-16-,20-17-,24-21-,27-25-,28-26-,31-30-,34-33-,40-38-,41-37-. The van der Waals surface area contributed by atoms with E-state index in [9.17, 15) is 43.5 Å². The van der Waals surface area contributed by atoms with E-state index in [2.05, 4.69) is 154 Å². The molecule has 0 saturated carbocycles. The van der Waals surface area contributed by atoms with Crippen LogP contribution in [0.1, 0.15) is 239 Å². The van der Waals surface area contributed by atoms with Gasteiger partial charge in [-0.25, -0.2) is 9.13 Å². The van der Waals surface area contributed by atoms with Gasteiger partial charge in [-0.15, -0.1) is 0 Å². The third kappa shape index (κ3) is 65.0. The number of aliphatic hydroxyl groups is 2. The molecule has 89 heavy (non-hydrogen) atoms. The molecule has 0 saturated heterocycles. The molecule has 4 N–H and O–H groups in total. The Balaban J connectivity index is 4.66. The van der Waals surface area contributed by atoms with Crippen LogP contribution in [0.4, 0.5) is 0 Å². The molecule has 508 valence electrons. The number of rotatable bonds is 62. The number of carbonyl (C=O) groups excluding carboxylic acids is 3. The molecule has 18 heteroatoms. The van der Waals surface area contributed by atoms with Gasteiger partial charge in [0.05, 0.1) is 26.4 Å². The quantitative estimate of drug-likeness (QED) is 0.0146. The van der Waals surface area contributed by atoms with E-state index in [-0.39, 0.29) is 19.3 Å². The van der Waals surface area contributed by atoms with Crippen LogP contribution >= 0.6 is 15.6 Å². The molecule has 0 aliphatic carbocycles. The van der Waals surface area contributed by atoms with E-state index < -0.39 is 91.5 Å². The first kappa shape index (κ1) is 84.7. The van der Waals surface area contributed by atoms with Gasteiger partial charge in [-0.2, -0.15) is 0 Å². The summed E-state index contributed by atoms with van der Waals surface area (Å²) in [4.78, 5) is 58.3. The monoisotopic (exact) mass is 1290 g/mol. The Morgan fingerprint density at radius 3 is 0.955 bits per heavy atom. The van der Waals surface area contributed by atoms with Gasteiger partial charge in [0.2, 0.25) is 0 Å². The average molecular weight is 1290 g/mol. The van der Waals surface area contributed by atoms with Crippen molar-refractivity contribution in [3.63, 3.8) is 0 Å². The summed E-state index contributed by atoms with van der Waals surface area (Å²) in [6, 6.07) is 0. The molecule has 0 aliphatic heterocycles. The first-order chi connectivity index (χ1) is 43.2. The molecule has 0 spiro atoms. The van der Waals surface area contributed by atoms with E-state index in [0.717, 1.165) is 154 Å². The summed E-state index contributed by atoms with van der Waals surface area (Å²) in [5.41, 5.74) is 0. The van der Waals surface area contributed by atoms with E-state index in [4.69, 9.17) is 32.3 Å². The van der Waals surface area contributed by atoms with Crippen LogP contribution in [0.15, 0.2) is 134 Å². The van der Waals surface area contributed by atoms with E-state index >= 15 is 0 Å². The summed E-state index contributed by atoms with van der Waals surface area (Å²) in [6.45, 7) is 2.33. The van der Waals surface area contributed by atoms with Gasteiger partial charge >= 0.3 is 33.6 Å². The Kier molecular flexibility index (Phi) is 60.7. The van der Waals surface area contributed by atoms with Gasteiger partial charge < -0.3 is 34.2 Å². The van der Waals surface area contributed by atoms with E-state index in [0.29, 0.717) is 19.3 Å². The molecule has 0 rings (SSSR count). The summed E-state index contributed by atoms with van der Waals surface area (Å²) in [5.74, 6) is -1.64. The van der Waals surface area contributed by atoms with Crippen molar-refractivity contribution in [3.8, 4) is 0 Å². The number of hydrogen-bond donors (Lipinski definition) is 4. The van der Waals surface area contributed by atoms with Gasteiger partial charge in [-0.05, 0) is 135 Å².